The largest absolute Gasteiger partial charge is 0.327 e. The molecule has 3 N–H and O–H groups in total. The molecule has 0 spiro atoms. The van der Waals surface area contributed by atoms with Crippen LogP contribution in [0.5, 0.6) is 0 Å². The quantitative estimate of drug-likeness (QED) is 0.819. The van der Waals surface area contributed by atoms with Gasteiger partial charge >= 0.3 is 0 Å². The third-order valence-electron chi connectivity index (χ3n) is 3.62. The highest BCUT2D eigenvalue weighted by atomic mass is 35.5. The maximum absolute atomic E-state index is 13.7. The maximum atomic E-state index is 13.7. The molecule has 0 saturated heterocycles. The Kier molecular flexibility index (Phi) is 4.77. The van der Waals surface area contributed by atoms with Gasteiger partial charge in [0, 0.05) is 6.04 Å². The van der Waals surface area contributed by atoms with E-state index in [0.29, 0.717) is 0 Å². The Morgan fingerprint density at radius 3 is 2.84 bits per heavy atom. The number of carbonyl (C=O) groups excluding carboxylic acids is 1. The third-order valence-corrected chi connectivity index (χ3v) is 3.91. The van der Waals surface area contributed by atoms with E-state index in [1.165, 1.54) is 12.1 Å². The molecular formula is C14H18ClFN2O. The van der Waals surface area contributed by atoms with Gasteiger partial charge in [-0.2, -0.15) is 0 Å². The van der Waals surface area contributed by atoms with Gasteiger partial charge in [-0.05, 0) is 25.0 Å². The highest BCUT2D eigenvalue weighted by Crippen LogP contribution is 2.26. The lowest BCUT2D eigenvalue weighted by Crippen LogP contribution is -2.38. The first-order valence-corrected chi connectivity index (χ1v) is 6.98. The molecule has 1 aromatic carbocycles. The van der Waals surface area contributed by atoms with E-state index in [0.717, 1.165) is 32.1 Å². The Balaban J connectivity index is 2.09. The number of amides is 1. The van der Waals surface area contributed by atoms with Crippen LogP contribution in [0.15, 0.2) is 18.2 Å². The predicted octanol–water partition coefficient (Wildman–Crippen LogP) is 3.33. The summed E-state index contributed by atoms with van der Waals surface area (Å²) in [6.07, 6.45) is 4.74. The van der Waals surface area contributed by atoms with Crippen molar-refractivity contribution in [2.45, 2.75) is 38.1 Å². The average molecular weight is 285 g/mol. The summed E-state index contributed by atoms with van der Waals surface area (Å²) >= 11 is 5.69. The van der Waals surface area contributed by atoms with E-state index in [1.54, 1.807) is 6.07 Å². The van der Waals surface area contributed by atoms with Crippen LogP contribution < -0.4 is 11.1 Å². The predicted molar refractivity (Wildman–Crippen MR) is 74.6 cm³/mol. The van der Waals surface area contributed by atoms with Crippen molar-refractivity contribution in [3.05, 3.63) is 29.0 Å². The number of nitrogens with one attached hydrogen (secondary N) is 1. The van der Waals surface area contributed by atoms with E-state index in [4.69, 9.17) is 17.3 Å². The van der Waals surface area contributed by atoms with E-state index < -0.39 is 5.82 Å². The lowest BCUT2D eigenvalue weighted by Gasteiger charge is -2.20. The molecule has 2 atom stereocenters. The summed E-state index contributed by atoms with van der Waals surface area (Å²) in [5, 5.41) is 2.60. The van der Waals surface area contributed by atoms with E-state index in [9.17, 15) is 9.18 Å². The standard InChI is InChI=1S/C14H18ClFN2O/c15-10-6-4-8-12(13(10)16)18-14(19)9-5-2-1-3-7-11(9)17/h4,6,8-9,11H,1-3,5,7,17H2,(H,18,19). The van der Waals surface area contributed by atoms with Crippen LogP contribution >= 0.6 is 11.6 Å². The molecule has 0 radical (unpaired) electrons. The molecular weight excluding hydrogens is 267 g/mol. The van der Waals surface area contributed by atoms with Crippen molar-refractivity contribution in [2.75, 3.05) is 5.32 Å². The first-order chi connectivity index (χ1) is 9.09. The molecule has 1 saturated carbocycles. The van der Waals surface area contributed by atoms with Crippen molar-refractivity contribution in [1.82, 2.24) is 0 Å². The van der Waals surface area contributed by atoms with Gasteiger partial charge in [0.15, 0.2) is 5.82 Å². The molecule has 1 aliphatic rings. The molecule has 0 aliphatic heterocycles. The van der Waals surface area contributed by atoms with E-state index in [2.05, 4.69) is 5.32 Å². The zero-order valence-corrected chi connectivity index (χ0v) is 11.4. The Morgan fingerprint density at radius 2 is 2.05 bits per heavy atom. The minimum absolute atomic E-state index is 0.00275. The number of carbonyl (C=O) groups is 1. The molecule has 1 fully saturated rings. The zero-order chi connectivity index (χ0) is 13.8. The van der Waals surface area contributed by atoms with Crippen molar-refractivity contribution in [3.8, 4) is 0 Å². The van der Waals surface area contributed by atoms with Crippen LogP contribution in [0.3, 0.4) is 0 Å². The second-order valence-corrected chi connectivity index (χ2v) is 5.41. The highest BCUT2D eigenvalue weighted by molar-refractivity contribution is 6.31. The Labute approximate surface area is 117 Å². The summed E-state index contributed by atoms with van der Waals surface area (Å²) in [4.78, 5) is 12.2. The van der Waals surface area contributed by atoms with E-state index in [-0.39, 0.29) is 28.6 Å². The molecule has 5 heteroatoms. The van der Waals surface area contributed by atoms with Gasteiger partial charge in [-0.1, -0.05) is 36.9 Å². The lowest BCUT2D eigenvalue weighted by molar-refractivity contribution is -0.120. The molecule has 104 valence electrons. The maximum Gasteiger partial charge on any atom is 0.229 e. The molecule has 2 unspecified atom stereocenters. The van der Waals surface area contributed by atoms with Crippen LogP contribution in [0.25, 0.3) is 0 Å². The fourth-order valence-electron chi connectivity index (χ4n) is 2.49. The summed E-state index contributed by atoms with van der Waals surface area (Å²) < 4.78 is 13.7. The van der Waals surface area contributed by atoms with Gasteiger partial charge in [0.25, 0.3) is 0 Å². The topological polar surface area (TPSA) is 55.1 Å². The van der Waals surface area contributed by atoms with Gasteiger partial charge in [0.2, 0.25) is 5.91 Å². The van der Waals surface area contributed by atoms with E-state index in [1.807, 2.05) is 0 Å². The lowest BCUT2D eigenvalue weighted by atomic mass is 9.94. The number of nitrogens with two attached hydrogens (primary N) is 1. The third kappa shape index (κ3) is 3.45. The van der Waals surface area contributed by atoms with Gasteiger partial charge in [-0.15, -0.1) is 0 Å². The summed E-state index contributed by atoms with van der Waals surface area (Å²) in [7, 11) is 0. The summed E-state index contributed by atoms with van der Waals surface area (Å²) in [6.45, 7) is 0. The Morgan fingerprint density at radius 1 is 1.32 bits per heavy atom. The van der Waals surface area contributed by atoms with Crippen molar-refractivity contribution >= 4 is 23.2 Å². The van der Waals surface area contributed by atoms with Crippen LogP contribution in [-0.2, 0) is 4.79 Å². The number of anilines is 1. The van der Waals surface area contributed by atoms with Gasteiger partial charge in [-0.25, -0.2) is 4.39 Å². The Bertz CT molecular complexity index is 467. The number of benzene rings is 1. The second-order valence-electron chi connectivity index (χ2n) is 5.00. The Hall–Kier alpha value is -1.13. The van der Waals surface area contributed by atoms with Gasteiger partial charge in [-0.3, -0.25) is 4.79 Å². The van der Waals surface area contributed by atoms with Crippen molar-refractivity contribution in [2.24, 2.45) is 11.7 Å². The first-order valence-electron chi connectivity index (χ1n) is 6.60. The molecule has 0 bridgehead atoms. The number of hydrogen-bond donors (Lipinski definition) is 2. The van der Waals surface area contributed by atoms with Gasteiger partial charge < -0.3 is 11.1 Å². The normalized spacial score (nSPS) is 23.7. The van der Waals surface area contributed by atoms with Gasteiger partial charge in [0.1, 0.15) is 0 Å². The van der Waals surface area contributed by atoms with Crippen molar-refractivity contribution in [1.29, 1.82) is 0 Å². The van der Waals surface area contributed by atoms with Crippen molar-refractivity contribution in [3.63, 3.8) is 0 Å². The molecule has 1 aromatic rings. The van der Waals surface area contributed by atoms with Crippen LogP contribution in [0.1, 0.15) is 32.1 Å². The van der Waals surface area contributed by atoms with Gasteiger partial charge in [0.05, 0.1) is 16.6 Å². The van der Waals surface area contributed by atoms with Crippen LogP contribution in [0.4, 0.5) is 10.1 Å². The summed E-state index contributed by atoms with van der Waals surface area (Å²) in [5.41, 5.74) is 6.14. The number of hydrogen-bond acceptors (Lipinski definition) is 2. The highest BCUT2D eigenvalue weighted by Gasteiger charge is 2.27. The van der Waals surface area contributed by atoms with Crippen LogP contribution in [0.2, 0.25) is 5.02 Å². The zero-order valence-electron chi connectivity index (χ0n) is 10.7. The fraction of sp³-hybridized carbons (Fsp3) is 0.500. The molecule has 1 aliphatic carbocycles. The SMILES string of the molecule is NC1CCCCCC1C(=O)Nc1cccc(Cl)c1F. The summed E-state index contributed by atoms with van der Waals surface area (Å²) in [5.74, 6) is -1.06. The molecule has 2 rings (SSSR count). The molecule has 0 aromatic heterocycles. The monoisotopic (exact) mass is 284 g/mol. The number of rotatable bonds is 2. The second kappa shape index (κ2) is 6.35. The fourth-order valence-corrected chi connectivity index (χ4v) is 2.66. The minimum atomic E-state index is -0.597. The summed E-state index contributed by atoms with van der Waals surface area (Å²) in [6, 6.07) is 4.41. The molecule has 19 heavy (non-hydrogen) atoms. The average Bonchev–Trinajstić information content (AvgIpc) is 2.59. The molecule has 1 amide bonds. The number of halogens is 2. The van der Waals surface area contributed by atoms with Crippen LogP contribution in [0, 0.1) is 11.7 Å². The van der Waals surface area contributed by atoms with Crippen molar-refractivity contribution < 1.29 is 9.18 Å². The smallest absolute Gasteiger partial charge is 0.229 e. The minimum Gasteiger partial charge on any atom is -0.327 e. The first kappa shape index (κ1) is 14.3. The van der Waals surface area contributed by atoms with Crippen LogP contribution in [-0.4, -0.2) is 11.9 Å². The molecule has 3 nitrogen and oxygen atoms in total. The van der Waals surface area contributed by atoms with E-state index >= 15 is 0 Å². The molecule has 0 heterocycles.